The van der Waals surface area contributed by atoms with Gasteiger partial charge in [-0.3, -0.25) is 0 Å². The minimum absolute atomic E-state index is 0.0584. The molecule has 0 saturated heterocycles. The highest BCUT2D eigenvalue weighted by Gasteiger charge is 2.64. The van der Waals surface area contributed by atoms with Crippen molar-refractivity contribution in [3.63, 3.8) is 0 Å². The predicted molar refractivity (Wildman–Crippen MR) is 195 cm³/mol. The summed E-state index contributed by atoms with van der Waals surface area (Å²) >= 11 is 0. The molecule has 0 spiro atoms. The number of hydrogen-bond acceptors (Lipinski definition) is 3. The van der Waals surface area contributed by atoms with E-state index in [1.807, 2.05) is 5.01 Å². The van der Waals surface area contributed by atoms with Crippen molar-refractivity contribution in [2.24, 2.45) is 84.8 Å². The highest BCUT2D eigenvalue weighted by molar-refractivity contribution is 5.99. The van der Waals surface area contributed by atoms with Gasteiger partial charge in [-0.2, -0.15) is 0 Å². The Hall–Kier alpha value is -1.30. The second kappa shape index (κ2) is 9.97. The fourth-order valence-electron chi connectivity index (χ4n) is 16.4. The fourth-order valence-corrected chi connectivity index (χ4v) is 16.4. The number of rotatable bonds is 4. The van der Waals surface area contributed by atoms with E-state index < -0.39 is 0 Å². The smallest absolute Gasteiger partial charge is 0.216 e. The molecule has 48 heavy (non-hydrogen) atoms. The quantitative estimate of drug-likeness (QED) is 0.123. The van der Waals surface area contributed by atoms with Crippen LogP contribution in [0.3, 0.4) is 0 Å². The van der Waals surface area contributed by atoms with Crippen molar-refractivity contribution in [3.05, 3.63) is 0 Å². The van der Waals surface area contributed by atoms with Crippen molar-refractivity contribution in [2.75, 3.05) is 0 Å². The maximum atomic E-state index is 7.64. The Kier molecular flexibility index (Phi) is 6.53. The van der Waals surface area contributed by atoms with E-state index in [0.29, 0.717) is 22.9 Å². The largest absolute Gasteiger partial charge is 0.351 e. The van der Waals surface area contributed by atoms with Gasteiger partial charge in [-0.15, -0.1) is 0 Å². The molecule has 6 atom stereocenters. The summed E-state index contributed by atoms with van der Waals surface area (Å²) in [6.45, 7) is 15.3. The number of guanidine groups is 2. The van der Waals surface area contributed by atoms with Crippen LogP contribution in [-0.4, -0.2) is 40.1 Å². The predicted octanol–water partition coefficient (Wildman–Crippen LogP) is 8.42. The summed E-state index contributed by atoms with van der Waals surface area (Å²) in [5.41, 5.74) is 1.33. The molecule has 0 aromatic rings. The van der Waals surface area contributed by atoms with E-state index in [2.05, 4.69) is 52.2 Å². The van der Waals surface area contributed by atoms with E-state index in [1.165, 1.54) is 116 Å². The molecule has 12 saturated carbocycles. The minimum atomic E-state index is 0.0584. The Labute approximate surface area is 292 Å². The highest BCUT2D eigenvalue weighted by atomic mass is 15.6. The first-order chi connectivity index (χ1) is 22.7. The third kappa shape index (κ3) is 4.31. The number of nitrogens with one attached hydrogen (secondary N) is 2. The van der Waals surface area contributed by atoms with Gasteiger partial charge in [0.1, 0.15) is 0 Å². The second-order valence-electron chi connectivity index (χ2n) is 22.2. The monoisotopic (exact) mass is 657 g/mol. The molecule has 0 amide bonds. The van der Waals surface area contributed by atoms with Crippen LogP contribution in [0.5, 0.6) is 0 Å². The van der Waals surface area contributed by atoms with Crippen LogP contribution in [0.15, 0.2) is 9.98 Å². The van der Waals surface area contributed by atoms with Crippen LogP contribution in [0.4, 0.5) is 0 Å². The lowest BCUT2D eigenvalue weighted by molar-refractivity contribution is -0.0132. The molecule has 12 rings (SSSR count). The third-order valence-corrected chi connectivity index (χ3v) is 19.3. The summed E-state index contributed by atoms with van der Waals surface area (Å²) in [4.78, 5) is 11.8. The molecule has 4 N–H and O–H groups in total. The van der Waals surface area contributed by atoms with Crippen LogP contribution in [0, 0.1) is 69.0 Å². The van der Waals surface area contributed by atoms with E-state index in [0.717, 1.165) is 59.3 Å². The molecule has 0 aromatic heterocycles. The molecule has 0 radical (unpaired) electrons. The van der Waals surface area contributed by atoms with Gasteiger partial charge in [-0.05, 0) is 185 Å². The lowest BCUT2D eigenvalue weighted by Gasteiger charge is -2.58. The van der Waals surface area contributed by atoms with Crippen LogP contribution in [-0.2, 0) is 0 Å². The molecular weight excluding hydrogens is 589 g/mol. The topological polar surface area (TPSA) is 78.0 Å². The maximum absolute atomic E-state index is 7.64. The molecule has 6 heteroatoms. The van der Waals surface area contributed by atoms with Crippen molar-refractivity contribution in [2.45, 2.75) is 180 Å². The Morgan fingerprint density at radius 2 is 1.08 bits per heavy atom. The van der Waals surface area contributed by atoms with Gasteiger partial charge in [0.15, 0.2) is 0 Å². The van der Waals surface area contributed by atoms with Crippen molar-refractivity contribution in [1.82, 2.24) is 15.6 Å². The number of hydrogen-bond donors (Lipinski definition) is 3. The van der Waals surface area contributed by atoms with E-state index in [-0.39, 0.29) is 21.9 Å². The summed E-state index contributed by atoms with van der Waals surface area (Å²) in [5, 5.41) is 10.5. The SMILES string of the molecule is CC1(C)C2CCC1(C)C(N=C(NC1CC3CCC1(C)C3(C)C)N(N)C(=NC13CC4CC(CC(C4)C1)C3)NC13CC4CC(CC(C4)C1)C3)C2. The van der Waals surface area contributed by atoms with Gasteiger partial charge in [0.05, 0.1) is 11.6 Å². The summed E-state index contributed by atoms with van der Waals surface area (Å²) in [6.07, 6.45) is 24.2. The Balaban J connectivity index is 1.05. The van der Waals surface area contributed by atoms with Gasteiger partial charge < -0.3 is 10.6 Å². The van der Waals surface area contributed by atoms with E-state index in [9.17, 15) is 0 Å². The Morgan fingerprint density at radius 1 is 0.604 bits per heavy atom. The Bertz CT molecular complexity index is 1340. The third-order valence-electron chi connectivity index (χ3n) is 19.3. The van der Waals surface area contributed by atoms with Gasteiger partial charge in [0, 0.05) is 11.6 Å². The van der Waals surface area contributed by atoms with Crippen molar-refractivity contribution >= 4 is 11.9 Å². The highest BCUT2D eigenvalue weighted by Crippen LogP contribution is 2.67. The molecular formula is C42H68N6. The van der Waals surface area contributed by atoms with Gasteiger partial charge in [-0.1, -0.05) is 41.5 Å². The van der Waals surface area contributed by atoms with Crippen LogP contribution in [0.1, 0.15) is 157 Å². The van der Waals surface area contributed by atoms with E-state index in [4.69, 9.17) is 15.8 Å². The molecule has 6 unspecified atom stereocenters. The standard InChI is InChI=1S/C42H68N6/c1-37(2)31-7-9-39(37,5)33(17-31)44-35(45-34-18-32-8-10-40(34,6)38(32,3)4)48(43)36(46-41-19-25-11-26(20-41)13-27(12-25)21-41)47-42-22-28-14-29(23-42)16-30(15-28)24-42/h25-34H,7-24,43H2,1-6H3,(H,44,45)(H,46,47). The van der Waals surface area contributed by atoms with E-state index >= 15 is 0 Å². The molecule has 6 nitrogen and oxygen atoms in total. The summed E-state index contributed by atoms with van der Waals surface area (Å²) in [5.74, 6) is 16.3. The van der Waals surface area contributed by atoms with Gasteiger partial charge in [0.25, 0.3) is 0 Å². The number of hydrazine groups is 1. The molecule has 0 aliphatic heterocycles. The normalized spacial score (nSPS) is 54.8. The van der Waals surface area contributed by atoms with Crippen LogP contribution >= 0.6 is 0 Å². The minimum Gasteiger partial charge on any atom is -0.351 e. The summed E-state index contributed by atoms with van der Waals surface area (Å²) in [6, 6.07) is 0.704. The number of nitrogens with zero attached hydrogens (tertiary/aromatic N) is 3. The maximum Gasteiger partial charge on any atom is 0.216 e. The van der Waals surface area contributed by atoms with Gasteiger partial charge in [-0.25, -0.2) is 20.8 Å². The zero-order chi connectivity index (χ0) is 33.1. The van der Waals surface area contributed by atoms with Crippen LogP contribution in [0.2, 0.25) is 0 Å². The zero-order valence-corrected chi connectivity index (χ0v) is 31.4. The van der Waals surface area contributed by atoms with Crippen LogP contribution < -0.4 is 16.5 Å². The van der Waals surface area contributed by atoms with Gasteiger partial charge >= 0.3 is 0 Å². The van der Waals surface area contributed by atoms with Crippen molar-refractivity contribution in [3.8, 4) is 0 Å². The van der Waals surface area contributed by atoms with E-state index in [1.54, 1.807) is 0 Å². The van der Waals surface area contributed by atoms with Crippen molar-refractivity contribution < 1.29 is 0 Å². The molecule has 0 aromatic carbocycles. The summed E-state index contributed by atoms with van der Waals surface area (Å²) < 4.78 is 0. The molecule has 266 valence electrons. The lowest BCUT2D eigenvalue weighted by Crippen LogP contribution is -2.66. The Morgan fingerprint density at radius 3 is 1.52 bits per heavy atom. The average Bonchev–Trinajstić information content (AvgIpc) is 3.51. The first-order valence-corrected chi connectivity index (χ1v) is 21.0. The average molecular weight is 657 g/mol. The number of aliphatic imine (C=N–C) groups is 2. The number of fused-ring (bicyclic) bond motifs is 4. The molecule has 12 fully saturated rings. The second-order valence-corrected chi connectivity index (χ2v) is 22.2. The molecule has 0 heterocycles. The van der Waals surface area contributed by atoms with Crippen molar-refractivity contribution in [1.29, 1.82) is 0 Å². The molecule has 12 aliphatic rings. The number of nitrogens with two attached hydrogens (primary N) is 1. The first-order valence-electron chi connectivity index (χ1n) is 21.0. The summed E-state index contributed by atoms with van der Waals surface area (Å²) in [7, 11) is 0. The first kappa shape index (κ1) is 31.4. The lowest BCUT2D eigenvalue weighted by atomic mass is 9.53. The van der Waals surface area contributed by atoms with Gasteiger partial charge in [0.2, 0.25) is 11.9 Å². The molecule has 12 bridgehead atoms. The molecule has 12 aliphatic carbocycles. The fraction of sp³-hybridized carbons (Fsp3) is 0.952. The van der Waals surface area contributed by atoms with Crippen LogP contribution in [0.25, 0.3) is 0 Å². The zero-order valence-electron chi connectivity index (χ0n) is 31.4.